The van der Waals surface area contributed by atoms with Crippen LogP contribution in [0.15, 0.2) is 6.20 Å². The van der Waals surface area contributed by atoms with Gasteiger partial charge in [-0.2, -0.15) is 0 Å². The van der Waals surface area contributed by atoms with E-state index < -0.39 is 0 Å². The van der Waals surface area contributed by atoms with Gasteiger partial charge in [0.2, 0.25) is 0 Å². The number of nitrogens with two attached hydrogens (primary N) is 1. The Hall–Kier alpha value is -0.610. The van der Waals surface area contributed by atoms with Crippen LogP contribution in [0.5, 0.6) is 0 Å². The molecule has 2 unspecified atom stereocenters. The summed E-state index contributed by atoms with van der Waals surface area (Å²) in [5, 5.41) is 1.16. The van der Waals surface area contributed by atoms with Crippen LogP contribution in [-0.4, -0.2) is 17.6 Å². The van der Waals surface area contributed by atoms with E-state index in [0.717, 1.165) is 11.7 Å². The van der Waals surface area contributed by atoms with E-state index in [0.29, 0.717) is 6.04 Å². The van der Waals surface area contributed by atoms with E-state index in [-0.39, 0.29) is 6.04 Å². The molecule has 4 heteroatoms. The molecule has 2 N–H and O–H groups in total. The number of nitrogens with zero attached hydrogens (tertiary/aromatic N) is 2. The number of aromatic nitrogens is 1. The normalized spacial score (nSPS) is 23.4. The Balaban J connectivity index is 2.14. The fourth-order valence-electron chi connectivity index (χ4n) is 2.13. The molecule has 15 heavy (non-hydrogen) atoms. The van der Waals surface area contributed by atoms with Gasteiger partial charge in [0.1, 0.15) is 0 Å². The summed E-state index contributed by atoms with van der Waals surface area (Å²) in [6.45, 7) is 5.42. The Labute approximate surface area is 95.3 Å². The van der Waals surface area contributed by atoms with Crippen LogP contribution in [0.25, 0.3) is 0 Å². The molecule has 0 saturated carbocycles. The molecule has 0 radical (unpaired) electrons. The molecule has 2 rings (SSSR count). The molecule has 2 atom stereocenters. The maximum Gasteiger partial charge on any atom is 0.185 e. The fourth-order valence-corrected chi connectivity index (χ4v) is 3.10. The number of anilines is 1. The van der Waals surface area contributed by atoms with E-state index in [1.54, 1.807) is 11.3 Å². The molecule has 1 fully saturated rings. The van der Waals surface area contributed by atoms with Crippen LogP contribution in [0.2, 0.25) is 0 Å². The van der Waals surface area contributed by atoms with Crippen molar-refractivity contribution in [3.05, 3.63) is 11.1 Å². The van der Waals surface area contributed by atoms with Crippen molar-refractivity contribution in [1.29, 1.82) is 0 Å². The van der Waals surface area contributed by atoms with E-state index in [2.05, 4.69) is 16.8 Å². The summed E-state index contributed by atoms with van der Waals surface area (Å²) < 4.78 is 0. The van der Waals surface area contributed by atoms with Crippen molar-refractivity contribution in [2.45, 2.75) is 45.2 Å². The van der Waals surface area contributed by atoms with E-state index in [1.807, 2.05) is 13.1 Å². The SMILES string of the molecule is CCC1CCCN1c1ncc(C(C)N)s1. The second kappa shape index (κ2) is 4.49. The van der Waals surface area contributed by atoms with Crippen LogP contribution in [0.4, 0.5) is 5.13 Å². The second-order valence-corrected chi connectivity index (χ2v) is 5.27. The quantitative estimate of drug-likeness (QED) is 0.859. The first-order valence-corrected chi connectivity index (χ1v) is 6.52. The van der Waals surface area contributed by atoms with Gasteiger partial charge in [-0.25, -0.2) is 4.98 Å². The second-order valence-electron chi connectivity index (χ2n) is 4.23. The third-order valence-corrected chi connectivity index (χ3v) is 4.29. The number of thiazole rings is 1. The summed E-state index contributed by atoms with van der Waals surface area (Å²) in [5.74, 6) is 0. The average molecular weight is 225 g/mol. The first-order chi connectivity index (χ1) is 7.22. The standard InChI is InChI=1S/C11H19N3S/c1-3-9-5-4-6-14(9)11-13-7-10(15-11)8(2)12/h7-9H,3-6,12H2,1-2H3. The zero-order valence-electron chi connectivity index (χ0n) is 9.44. The largest absolute Gasteiger partial charge is 0.345 e. The molecule has 1 aromatic rings. The van der Waals surface area contributed by atoms with Crippen LogP contribution in [-0.2, 0) is 0 Å². The highest BCUT2D eigenvalue weighted by Gasteiger charge is 2.25. The molecule has 0 aromatic carbocycles. The van der Waals surface area contributed by atoms with Gasteiger partial charge in [0.05, 0.1) is 0 Å². The first-order valence-electron chi connectivity index (χ1n) is 5.70. The highest BCUT2D eigenvalue weighted by Crippen LogP contribution is 2.32. The Bertz CT molecular complexity index is 321. The van der Waals surface area contributed by atoms with Gasteiger partial charge in [0.25, 0.3) is 0 Å². The zero-order chi connectivity index (χ0) is 10.8. The number of hydrogen-bond acceptors (Lipinski definition) is 4. The lowest BCUT2D eigenvalue weighted by molar-refractivity contribution is 0.644. The molecular weight excluding hydrogens is 206 g/mol. The van der Waals surface area contributed by atoms with Gasteiger partial charge in [-0.15, -0.1) is 11.3 Å². The third-order valence-electron chi connectivity index (χ3n) is 3.05. The van der Waals surface area contributed by atoms with Crippen molar-refractivity contribution in [3.8, 4) is 0 Å². The molecule has 0 spiro atoms. The van der Waals surface area contributed by atoms with Crippen molar-refractivity contribution in [3.63, 3.8) is 0 Å². The fraction of sp³-hybridized carbons (Fsp3) is 0.727. The predicted molar refractivity (Wildman–Crippen MR) is 65.4 cm³/mol. The van der Waals surface area contributed by atoms with Gasteiger partial charge >= 0.3 is 0 Å². The van der Waals surface area contributed by atoms with E-state index >= 15 is 0 Å². The maximum absolute atomic E-state index is 5.84. The van der Waals surface area contributed by atoms with E-state index in [9.17, 15) is 0 Å². The van der Waals surface area contributed by atoms with Crippen molar-refractivity contribution in [1.82, 2.24) is 4.98 Å². The van der Waals surface area contributed by atoms with Gasteiger partial charge < -0.3 is 10.6 Å². The topological polar surface area (TPSA) is 42.2 Å². The van der Waals surface area contributed by atoms with Crippen LogP contribution < -0.4 is 10.6 Å². The molecule has 1 aliphatic heterocycles. The molecule has 3 nitrogen and oxygen atoms in total. The van der Waals surface area contributed by atoms with Crippen molar-refractivity contribution in [2.24, 2.45) is 5.73 Å². The lowest BCUT2D eigenvalue weighted by atomic mass is 10.2. The Morgan fingerprint density at radius 2 is 2.53 bits per heavy atom. The van der Waals surface area contributed by atoms with Crippen LogP contribution >= 0.6 is 11.3 Å². The molecular formula is C11H19N3S. The predicted octanol–water partition coefficient (Wildman–Crippen LogP) is 2.54. The summed E-state index contributed by atoms with van der Waals surface area (Å²) in [7, 11) is 0. The number of rotatable bonds is 3. The Morgan fingerprint density at radius 3 is 3.13 bits per heavy atom. The lowest BCUT2D eigenvalue weighted by Gasteiger charge is -2.22. The van der Waals surface area contributed by atoms with Crippen molar-refractivity contribution in [2.75, 3.05) is 11.4 Å². The minimum atomic E-state index is 0.110. The van der Waals surface area contributed by atoms with Crippen LogP contribution in [0, 0.1) is 0 Å². The molecule has 1 saturated heterocycles. The average Bonchev–Trinajstić information content (AvgIpc) is 2.85. The Morgan fingerprint density at radius 1 is 1.73 bits per heavy atom. The van der Waals surface area contributed by atoms with Gasteiger partial charge in [-0.05, 0) is 26.2 Å². The first kappa shape index (κ1) is 10.9. The van der Waals surface area contributed by atoms with Gasteiger partial charge in [0.15, 0.2) is 5.13 Å². The molecule has 1 aromatic heterocycles. The summed E-state index contributed by atoms with van der Waals surface area (Å²) in [6.07, 6.45) is 5.75. The van der Waals surface area contributed by atoms with Gasteiger partial charge in [-0.3, -0.25) is 0 Å². The van der Waals surface area contributed by atoms with Crippen molar-refractivity contribution < 1.29 is 0 Å². The molecule has 0 aliphatic carbocycles. The van der Waals surface area contributed by atoms with E-state index in [4.69, 9.17) is 5.73 Å². The molecule has 0 bridgehead atoms. The van der Waals surface area contributed by atoms with Crippen LogP contribution in [0.1, 0.15) is 44.0 Å². The monoisotopic (exact) mass is 225 g/mol. The molecule has 2 heterocycles. The summed E-state index contributed by atoms with van der Waals surface area (Å²) >= 11 is 1.75. The summed E-state index contributed by atoms with van der Waals surface area (Å²) in [6, 6.07) is 0.802. The number of hydrogen-bond donors (Lipinski definition) is 1. The molecule has 0 amide bonds. The highest BCUT2D eigenvalue weighted by atomic mass is 32.1. The van der Waals surface area contributed by atoms with Crippen molar-refractivity contribution >= 4 is 16.5 Å². The molecule has 84 valence electrons. The smallest absolute Gasteiger partial charge is 0.185 e. The van der Waals surface area contributed by atoms with Gasteiger partial charge in [0, 0.05) is 29.7 Å². The lowest BCUT2D eigenvalue weighted by Crippen LogP contribution is -2.28. The third kappa shape index (κ3) is 2.16. The highest BCUT2D eigenvalue weighted by molar-refractivity contribution is 7.15. The minimum absolute atomic E-state index is 0.110. The maximum atomic E-state index is 5.84. The van der Waals surface area contributed by atoms with E-state index in [1.165, 1.54) is 24.1 Å². The minimum Gasteiger partial charge on any atom is -0.345 e. The zero-order valence-corrected chi connectivity index (χ0v) is 10.3. The molecule has 1 aliphatic rings. The Kier molecular flexibility index (Phi) is 3.26. The summed E-state index contributed by atoms with van der Waals surface area (Å²) in [5.41, 5.74) is 5.84. The summed E-state index contributed by atoms with van der Waals surface area (Å²) in [4.78, 5) is 8.11. The van der Waals surface area contributed by atoms with Gasteiger partial charge in [-0.1, -0.05) is 6.92 Å². The van der Waals surface area contributed by atoms with Crippen LogP contribution in [0.3, 0.4) is 0 Å².